The lowest BCUT2D eigenvalue weighted by molar-refractivity contribution is -0.384. The summed E-state index contributed by atoms with van der Waals surface area (Å²) in [6, 6.07) is 5.31. The number of non-ortho nitro benzene ring substituents is 1. The summed E-state index contributed by atoms with van der Waals surface area (Å²) in [6.07, 6.45) is 0.0744. The smallest absolute Gasteiger partial charge is 0.269 e. The van der Waals surface area contributed by atoms with Gasteiger partial charge in [-0.1, -0.05) is 19.1 Å². The molecule has 0 spiro atoms. The molecule has 0 radical (unpaired) electrons. The molecule has 8 heteroatoms. The van der Waals surface area contributed by atoms with Crippen molar-refractivity contribution < 1.29 is 18.1 Å². The van der Waals surface area contributed by atoms with Gasteiger partial charge in [-0.25, -0.2) is 8.42 Å². The van der Waals surface area contributed by atoms with Crippen molar-refractivity contribution in [2.24, 2.45) is 0 Å². The topological polar surface area (TPSA) is 97.6 Å². The van der Waals surface area contributed by atoms with Crippen LogP contribution in [0.2, 0.25) is 0 Å². The van der Waals surface area contributed by atoms with Crippen LogP contribution in [0.3, 0.4) is 0 Å². The number of sulfone groups is 1. The number of carbonyl (C=O) groups is 1. The van der Waals surface area contributed by atoms with Gasteiger partial charge in [0.25, 0.3) is 5.69 Å². The van der Waals surface area contributed by atoms with E-state index in [2.05, 4.69) is 0 Å². The maximum absolute atomic E-state index is 12.1. The fourth-order valence-electron chi connectivity index (χ4n) is 1.88. The molecule has 0 aliphatic carbocycles. The second-order valence-electron chi connectivity index (χ2n) is 5.15. The maximum atomic E-state index is 12.1. The molecule has 0 saturated heterocycles. The average molecular weight is 328 g/mol. The molecule has 0 bridgehead atoms. The molecule has 22 heavy (non-hydrogen) atoms. The van der Waals surface area contributed by atoms with Crippen molar-refractivity contribution in [3.05, 3.63) is 39.9 Å². The van der Waals surface area contributed by atoms with Crippen molar-refractivity contribution in [3.63, 3.8) is 0 Å². The van der Waals surface area contributed by atoms with Crippen molar-refractivity contribution in [2.75, 3.05) is 18.6 Å². The molecular formula is C14H20N2O5S. The molecule has 1 rings (SSSR count). The standard InChI is InChI=1S/C14H20N2O5S/c1-4-22(20,21)10-11(2)15(3)14(17)9-12-5-7-13(8-6-12)16(18)19/h5-8,11H,4,9-10H2,1-3H3/t11-/m0/s1. The second kappa shape index (κ2) is 7.35. The van der Waals surface area contributed by atoms with Gasteiger partial charge in [0, 0.05) is 31.0 Å². The number of hydrogen-bond donors (Lipinski definition) is 0. The van der Waals surface area contributed by atoms with E-state index < -0.39 is 20.8 Å². The van der Waals surface area contributed by atoms with E-state index in [0.717, 1.165) is 0 Å². The van der Waals surface area contributed by atoms with Gasteiger partial charge < -0.3 is 4.90 Å². The Labute approximate surface area is 130 Å². The fourth-order valence-corrected chi connectivity index (χ4v) is 3.07. The zero-order chi connectivity index (χ0) is 16.9. The van der Waals surface area contributed by atoms with Crippen LogP contribution in [0, 0.1) is 10.1 Å². The Morgan fingerprint density at radius 3 is 2.32 bits per heavy atom. The number of rotatable bonds is 7. The predicted octanol–water partition coefficient (Wildman–Crippen LogP) is 1.42. The van der Waals surface area contributed by atoms with Crippen LogP contribution in [0.5, 0.6) is 0 Å². The lowest BCUT2D eigenvalue weighted by Gasteiger charge is -2.24. The van der Waals surface area contributed by atoms with E-state index >= 15 is 0 Å². The summed E-state index contributed by atoms with van der Waals surface area (Å²) < 4.78 is 23.2. The van der Waals surface area contributed by atoms with Gasteiger partial charge in [0.05, 0.1) is 17.1 Å². The van der Waals surface area contributed by atoms with Gasteiger partial charge in [0.1, 0.15) is 0 Å². The van der Waals surface area contributed by atoms with E-state index in [1.54, 1.807) is 20.9 Å². The van der Waals surface area contributed by atoms with E-state index in [9.17, 15) is 23.3 Å². The van der Waals surface area contributed by atoms with E-state index in [1.807, 2.05) is 0 Å². The van der Waals surface area contributed by atoms with E-state index in [1.165, 1.54) is 29.2 Å². The summed E-state index contributed by atoms with van der Waals surface area (Å²) in [5.74, 6) is -0.263. The summed E-state index contributed by atoms with van der Waals surface area (Å²) >= 11 is 0. The SMILES string of the molecule is CCS(=O)(=O)C[C@H](C)N(C)C(=O)Cc1ccc([N+](=O)[O-])cc1. The van der Waals surface area contributed by atoms with Gasteiger partial charge in [0.15, 0.2) is 9.84 Å². The number of nitro benzene ring substituents is 1. The molecule has 0 aromatic heterocycles. The summed E-state index contributed by atoms with van der Waals surface area (Å²) in [6.45, 7) is 3.25. The van der Waals surface area contributed by atoms with Crippen molar-refractivity contribution >= 4 is 21.4 Å². The van der Waals surface area contributed by atoms with Crippen molar-refractivity contribution in [1.82, 2.24) is 4.90 Å². The molecule has 1 aromatic carbocycles. The Kier molecular flexibility index (Phi) is 6.04. The predicted molar refractivity (Wildman–Crippen MR) is 83.4 cm³/mol. The molecule has 0 aliphatic heterocycles. The lowest BCUT2D eigenvalue weighted by Crippen LogP contribution is -2.40. The number of likely N-dealkylation sites (N-methyl/N-ethyl adjacent to an activating group) is 1. The van der Waals surface area contributed by atoms with E-state index in [4.69, 9.17) is 0 Å². The van der Waals surface area contributed by atoms with Crippen molar-refractivity contribution in [1.29, 1.82) is 0 Å². The largest absolute Gasteiger partial charge is 0.342 e. The Hall–Kier alpha value is -1.96. The summed E-state index contributed by atoms with van der Waals surface area (Å²) in [7, 11) is -1.60. The molecule has 7 nitrogen and oxygen atoms in total. The molecule has 0 unspecified atom stereocenters. The fraction of sp³-hybridized carbons (Fsp3) is 0.500. The van der Waals surface area contributed by atoms with Crippen molar-refractivity contribution in [3.8, 4) is 0 Å². The molecule has 1 atom stereocenters. The average Bonchev–Trinajstić information content (AvgIpc) is 2.46. The summed E-state index contributed by atoms with van der Waals surface area (Å²) in [4.78, 5) is 23.6. The third-order valence-corrected chi connectivity index (χ3v) is 5.36. The van der Waals surface area contributed by atoms with Gasteiger partial charge in [-0.3, -0.25) is 14.9 Å². The monoisotopic (exact) mass is 328 g/mol. The first-order valence-electron chi connectivity index (χ1n) is 6.85. The van der Waals surface area contributed by atoms with Crippen LogP contribution in [0.25, 0.3) is 0 Å². The van der Waals surface area contributed by atoms with Crippen LogP contribution in [-0.4, -0.2) is 48.7 Å². The van der Waals surface area contributed by atoms with Crippen LogP contribution in [-0.2, 0) is 21.1 Å². The minimum Gasteiger partial charge on any atom is -0.342 e. The van der Waals surface area contributed by atoms with Gasteiger partial charge >= 0.3 is 0 Å². The molecular weight excluding hydrogens is 308 g/mol. The van der Waals surface area contributed by atoms with Gasteiger partial charge in [0.2, 0.25) is 5.91 Å². The van der Waals surface area contributed by atoms with Gasteiger partial charge in [-0.15, -0.1) is 0 Å². The Morgan fingerprint density at radius 2 is 1.86 bits per heavy atom. The first kappa shape index (κ1) is 18.1. The zero-order valence-electron chi connectivity index (χ0n) is 12.9. The number of nitro groups is 1. The zero-order valence-corrected chi connectivity index (χ0v) is 13.7. The molecule has 122 valence electrons. The van der Waals surface area contributed by atoms with Crippen LogP contribution < -0.4 is 0 Å². The number of amides is 1. The van der Waals surface area contributed by atoms with Crippen LogP contribution in [0.1, 0.15) is 19.4 Å². The van der Waals surface area contributed by atoms with Gasteiger partial charge in [-0.2, -0.15) is 0 Å². The normalized spacial score (nSPS) is 12.7. The first-order valence-corrected chi connectivity index (χ1v) is 8.68. The number of benzene rings is 1. The molecule has 0 saturated carbocycles. The highest BCUT2D eigenvalue weighted by molar-refractivity contribution is 7.91. The lowest BCUT2D eigenvalue weighted by atomic mass is 10.1. The number of hydrogen-bond acceptors (Lipinski definition) is 5. The van der Waals surface area contributed by atoms with Crippen LogP contribution in [0.15, 0.2) is 24.3 Å². The summed E-state index contributed by atoms with van der Waals surface area (Å²) in [5.41, 5.74) is 0.611. The first-order chi connectivity index (χ1) is 10.2. The maximum Gasteiger partial charge on any atom is 0.269 e. The quantitative estimate of drug-likeness (QED) is 0.557. The molecule has 0 aliphatic rings. The Morgan fingerprint density at radius 1 is 1.32 bits per heavy atom. The third kappa shape index (κ3) is 5.10. The van der Waals surface area contributed by atoms with Gasteiger partial charge in [-0.05, 0) is 12.5 Å². The summed E-state index contributed by atoms with van der Waals surface area (Å²) in [5, 5.41) is 10.6. The highest BCUT2D eigenvalue weighted by atomic mass is 32.2. The molecule has 0 heterocycles. The molecule has 1 aromatic rings. The molecule has 0 N–H and O–H groups in total. The highest BCUT2D eigenvalue weighted by Gasteiger charge is 2.21. The van der Waals surface area contributed by atoms with E-state index in [0.29, 0.717) is 5.56 Å². The number of carbonyl (C=O) groups excluding carboxylic acids is 1. The minimum absolute atomic E-state index is 0.0352. The Balaban J connectivity index is 2.69. The second-order valence-corrected chi connectivity index (χ2v) is 7.55. The number of nitrogens with zero attached hydrogens (tertiary/aromatic N) is 2. The van der Waals surface area contributed by atoms with Crippen molar-refractivity contribution in [2.45, 2.75) is 26.3 Å². The minimum atomic E-state index is -3.15. The third-order valence-electron chi connectivity index (χ3n) is 3.49. The van der Waals surface area contributed by atoms with Crippen LogP contribution in [0.4, 0.5) is 5.69 Å². The van der Waals surface area contributed by atoms with E-state index in [-0.39, 0.29) is 29.5 Å². The molecule has 0 fully saturated rings. The van der Waals surface area contributed by atoms with Crippen LogP contribution >= 0.6 is 0 Å². The highest BCUT2D eigenvalue weighted by Crippen LogP contribution is 2.13. The molecule has 1 amide bonds. The Bertz CT molecular complexity index is 640.